The van der Waals surface area contributed by atoms with E-state index in [4.69, 9.17) is 16.3 Å². The summed E-state index contributed by atoms with van der Waals surface area (Å²) in [5, 5.41) is 2.79. The van der Waals surface area contributed by atoms with Crippen molar-refractivity contribution in [1.29, 1.82) is 0 Å². The third-order valence-corrected chi connectivity index (χ3v) is 2.84. The van der Waals surface area contributed by atoms with E-state index in [-0.39, 0.29) is 6.04 Å². The minimum absolute atomic E-state index is 0.296. The SMILES string of the molecule is C=C[C@@H](NC(=O)OCCC)c1ccccc1/C=C/CCl. The maximum atomic E-state index is 11.6. The van der Waals surface area contributed by atoms with Crippen LogP contribution < -0.4 is 5.32 Å². The molecule has 108 valence electrons. The number of alkyl halides is 1. The monoisotopic (exact) mass is 293 g/mol. The molecule has 0 saturated carbocycles. The molecule has 1 rings (SSSR count). The van der Waals surface area contributed by atoms with E-state index < -0.39 is 6.09 Å². The highest BCUT2D eigenvalue weighted by Gasteiger charge is 2.14. The number of alkyl carbamates (subject to hydrolysis) is 1. The van der Waals surface area contributed by atoms with Crippen LogP contribution in [0.3, 0.4) is 0 Å². The van der Waals surface area contributed by atoms with E-state index in [0.29, 0.717) is 12.5 Å². The molecule has 4 heteroatoms. The van der Waals surface area contributed by atoms with E-state index in [1.54, 1.807) is 6.08 Å². The molecule has 1 atom stereocenters. The topological polar surface area (TPSA) is 38.3 Å². The Labute approximate surface area is 125 Å². The molecule has 1 amide bonds. The van der Waals surface area contributed by atoms with Crippen molar-refractivity contribution >= 4 is 23.8 Å². The number of rotatable bonds is 7. The van der Waals surface area contributed by atoms with Crippen molar-refractivity contribution < 1.29 is 9.53 Å². The molecular weight excluding hydrogens is 274 g/mol. The van der Waals surface area contributed by atoms with Gasteiger partial charge in [0, 0.05) is 5.88 Å². The smallest absolute Gasteiger partial charge is 0.407 e. The van der Waals surface area contributed by atoms with Gasteiger partial charge in [0.25, 0.3) is 0 Å². The lowest BCUT2D eigenvalue weighted by molar-refractivity contribution is 0.144. The Hall–Kier alpha value is -1.74. The summed E-state index contributed by atoms with van der Waals surface area (Å²) in [4.78, 5) is 11.6. The van der Waals surface area contributed by atoms with Gasteiger partial charge in [-0.15, -0.1) is 18.2 Å². The second-order valence-corrected chi connectivity index (χ2v) is 4.49. The fraction of sp³-hybridized carbons (Fsp3) is 0.312. The molecule has 1 aromatic rings. The average Bonchev–Trinajstić information content (AvgIpc) is 2.49. The summed E-state index contributed by atoms with van der Waals surface area (Å²) in [7, 11) is 0. The zero-order chi connectivity index (χ0) is 14.8. The predicted octanol–water partition coefficient (Wildman–Crippen LogP) is 4.30. The quantitative estimate of drug-likeness (QED) is 0.601. The molecule has 0 bridgehead atoms. The number of ether oxygens (including phenoxy) is 1. The fourth-order valence-corrected chi connectivity index (χ4v) is 1.83. The van der Waals surface area contributed by atoms with E-state index in [0.717, 1.165) is 17.5 Å². The number of allylic oxidation sites excluding steroid dienone is 1. The van der Waals surface area contributed by atoms with Crippen LogP contribution in [0.2, 0.25) is 0 Å². The van der Waals surface area contributed by atoms with E-state index in [1.807, 2.05) is 43.3 Å². The zero-order valence-corrected chi connectivity index (χ0v) is 12.4. The van der Waals surface area contributed by atoms with Crippen molar-refractivity contribution in [2.24, 2.45) is 0 Å². The molecule has 0 unspecified atom stereocenters. The number of benzene rings is 1. The van der Waals surface area contributed by atoms with Crippen molar-refractivity contribution in [3.05, 3.63) is 54.1 Å². The summed E-state index contributed by atoms with van der Waals surface area (Å²) in [6.07, 6.45) is 5.82. The molecule has 1 aromatic carbocycles. The first-order valence-electron chi connectivity index (χ1n) is 6.60. The lowest BCUT2D eigenvalue weighted by Crippen LogP contribution is -2.28. The van der Waals surface area contributed by atoms with Gasteiger partial charge in [-0.2, -0.15) is 0 Å². The van der Waals surface area contributed by atoms with Crippen LogP contribution in [-0.2, 0) is 4.74 Å². The molecule has 0 heterocycles. The van der Waals surface area contributed by atoms with Crippen LogP contribution in [0.1, 0.15) is 30.5 Å². The molecular formula is C16H20ClNO2. The Bertz CT molecular complexity index is 471. The number of amides is 1. The largest absolute Gasteiger partial charge is 0.450 e. The van der Waals surface area contributed by atoms with Crippen molar-refractivity contribution in [2.45, 2.75) is 19.4 Å². The van der Waals surface area contributed by atoms with Crippen LogP contribution in [0.5, 0.6) is 0 Å². The van der Waals surface area contributed by atoms with Gasteiger partial charge in [-0.3, -0.25) is 0 Å². The van der Waals surface area contributed by atoms with Crippen LogP contribution in [0.15, 0.2) is 43.0 Å². The molecule has 0 spiro atoms. The Kier molecular flexibility index (Phi) is 7.51. The number of hydrogen-bond donors (Lipinski definition) is 1. The molecule has 3 nitrogen and oxygen atoms in total. The normalized spacial score (nSPS) is 12.1. The van der Waals surface area contributed by atoms with Crippen molar-refractivity contribution in [3.8, 4) is 0 Å². The van der Waals surface area contributed by atoms with Crippen molar-refractivity contribution in [2.75, 3.05) is 12.5 Å². The Morgan fingerprint density at radius 2 is 2.25 bits per heavy atom. The van der Waals surface area contributed by atoms with Crippen LogP contribution in [0.4, 0.5) is 4.79 Å². The number of carbonyl (C=O) groups is 1. The standard InChI is InChI=1S/C16H20ClNO2/c1-3-12-20-16(19)18-15(4-2)14-10-6-5-8-13(14)9-7-11-17/h4-10,15H,2-3,11-12H2,1H3,(H,18,19)/b9-7+/t15-/m1/s1. The van der Waals surface area contributed by atoms with Crippen LogP contribution in [-0.4, -0.2) is 18.6 Å². The highest BCUT2D eigenvalue weighted by atomic mass is 35.5. The minimum Gasteiger partial charge on any atom is -0.450 e. The molecule has 0 aliphatic heterocycles. The van der Waals surface area contributed by atoms with Gasteiger partial charge in [-0.05, 0) is 17.5 Å². The van der Waals surface area contributed by atoms with Crippen LogP contribution in [0, 0.1) is 0 Å². The molecule has 0 aliphatic rings. The summed E-state index contributed by atoms with van der Waals surface area (Å²) in [6, 6.07) is 7.47. The number of hydrogen-bond acceptors (Lipinski definition) is 2. The van der Waals surface area contributed by atoms with Crippen LogP contribution >= 0.6 is 11.6 Å². The van der Waals surface area contributed by atoms with E-state index in [9.17, 15) is 4.79 Å². The van der Waals surface area contributed by atoms with Gasteiger partial charge in [-0.25, -0.2) is 4.79 Å². The highest BCUT2D eigenvalue weighted by molar-refractivity contribution is 6.19. The first kappa shape index (κ1) is 16.3. The van der Waals surface area contributed by atoms with Gasteiger partial charge < -0.3 is 10.1 Å². The van der Waals surface area contributed by atoms with E-state index in [2.05, 4.69) is 11.9 Å². The predicted molar refractivity (Wildman–Crippen MR) is 83.9 cm³/mol. The first-order valence-corrected chi connectivity index (χ1v) is 7.13. The Morgan fingerprint density at radius 3 is 2.90 bits per heavy atom. The van der Waals surface area contributed by atoms with Gasteiger partial charge in [0.05, 0.1) is 12.6 Å². The van der Waals surface area contributed by atoms with Gasteiger partial charge >= 0.3 is 6.09 Å². The summed E-state index contributed by atoms with van der Waals surface area (Å²) in [5.41, 5.74) is 1.95. The summed E-state index contributed by atoms with van der Waals surface area (Å²) >= 11 is 5.66. The Balaban J connectivity index is 2.86. The number of halogens is 1. The van der Waals surface area contributed by atoms with Gasteiger partial charge in [0.15, 0.2) is 0 Å². The Morgan fingerprint density at radius 1 is 1.50 bits per heavy atom. The summed E-state index contributed by atoms with van der Waals surface area (Å²) < 4.78 is 5.03. The molecule has 0 radical (unpaired) electrons. The number of nitrogens with one attached hydrogen (secondary N) is 1. The molecule has 0 fully saturated rings. The van der Waals surface area contributed by atoms with Gasteiger partial charge in [-0.1, -0.05) is 49.4 Å². The van der Waals surface area contributed by atoms with Crippen molar-refractivity contribution in [1.82, 2.24) is 5.32 Å². The van der Waals surface area contributed by atoms with E-state index in [1.165, 1.54) is 0 Å². The first-order chi connectivity index (χ1) is 9.72. The summed E-state index contributed by atoms with van der Waals surface area (Å²) in [6.45, 7) is 6.13. The second kappa shape index (κ2) is 9.21. The molecule has 20 heavy (non-hydrogen) atoms. The van der Waals surface area contributed by atoms with Crippen molar-refractivity contribution in [3.63, 3.8) is 0 Å². The molecule has 1 N–H and O–H groups in total. The van der Waals surface area contributed by atoms with Gasteiger partial charge in [0.1, 0.15) is 0 Å². The average molecular weight is 294 g/mol. The molecule has 0 aliphatic carbocycles. The number of carbonyl (C=O) groups excluding carboxylic acids is 1. The van der Waals surface area contributed by atoms with Crippen LogP contribution in [0.25, 0.3) is 6.08 Å². The maximum Gasteiger partial charge on any atom is 0.407 e. The second-order valence-electron chi connectivity index (χ2n) is 4.18. The summed E-state index contributed by atoms with van der Waals surface area (Å²) in [5.74, 6) is 0.444. The zero-order valence-electron chi connectivity index (χ0n) is 11.6. The third kappa shape index (κ3) is 5.10. The fourth-order valence-electron chi connectivity index (χ4n) is 1.74. The highest BCUT2D eigenvalue weighted by Crippen LogP contribution is 2.20. The lowest BCUT2D eigenvalue weighted by Gasteiger charge is -2.17. The molecule has 0 aromatic heterocycles. The maximum absolute atomic E-state index is 11.6. The lowest BCUT2D eigenvalue weighted by atomic mass is 10.00. The van der Waals surface area contributed by atoms with E-state index >= 15 is 0 Å². The minimum atomic E-state index is -0.437. The third-order valence-electron chi connectivity index (χ3n) is 2.66. The van der Waals surface area contributed by atoms with Gasteiger partial charge in [0.2, 0.25) is 0 Å². The molecule has 0 saturated heterocycles.